The molecule has 0 atom stereocenters. The van der Waals surface area contributed by atoms with Gasteiger partial charge < -0.3 is 11.1 Å². The molecule has 2 amide bonds. The van der Waals surface area contributed by atoms with Crippen molar-refractivity contribution in [3.05, 3.63) is 29.6 Å². The Morgan fingerprint density at radius 3 is 3.05 bits per heavy atom. The number of anilines is 2. The van der Waals surface area contributed by atoms with Gasteiger partial charge in [0.2, 0.25) is 0 Å². The van der Waals surface area contributed by atoms with Gasteiger partial charge in [-0.15, -0.1) is 11.3 Å². The van der Waals surface area contributed by atoms with Crippen molar-refractivity contribution in [2.75, 3.05) is 17.6 Å². The molecule has 0 aliphatic heterocycles. The van der Waals surface area contributed by atoms with Crippen LogP contribution in [0.1, 0.15) is 13.3 Å². The maximum atomic E-state index is 11.5. The summed E-state index contributed by atoms with van der Waals surface area (Å²) in [6, 6.07) is 7.27. The zero-order valence-corrected chi connectivity index (χ0v) is 11.5. The van der Waals surface area contributed by atoms with Gasteiger partial charge in [0.1, 0.15) is 0 Å². The lowest BCUT2D eigenvalue weighted by atomic mass is 10.1. The number of hydrogen-bond donors (Lipinski definition) is 3. The van der Waals surface area contributed by atoms with Crippen LogP contribution in [0, 0.1) is 0 Å². The highest BCUT2D eigenvalue weighted by molar-refractivity contribution is 7.14. The standard InChI is InChI=1S/C13H16N4OS/c1-2-6-15-12(18)17-13-16-11(8-19-13)9-4-3-5-10(14)7-9/h3-5,7-8H,2,6,14H2,1H3,(H2,15,16,17,18). The summed E-state index contributed by atoms with van der Waals surface area (Å²) in [5.74, 6) is 0. The molecule has 0 saturated carbocycles. The van der Waals surface area contributed by atoms with Crippen LogP contribution >= 0.6 is 11.3 Å². The Morgan fingerprint density at radius 2 is 2.32 bits per heavy atom. The minimum atomic E-state index is -0.227. The number of carbonyl (C=O) groups is 1. The molecule has 0 radical (unpaired) electrons. The Hall–Kier alpha value is -2.08. The Balaban J connectivity index is 2.05. The van der Waals surface area contributed by atoms with Crippen LogP contribution < -0.4 is 16.4 Å². The van der Waals surface area contributed by atoms with E-state index in [4.69, 9.17) is 5.73 Å². The van der Waals surface area contributed by atoms with Crippen molar-refractivity contribution in [1.29, 1.82) is 0 Å². The maximum absolute atomic E-state index is 11.5. The minimum absolute atomic E-state index is 0.227. The monoisotopic (exact) mass is 276 g/mol. The molecule has 1 aromatic carbocycles. The third-order valence-electron chi connectivity index (χ3n) is 2.44. The van der Waals surface area contributed by atoms with Crippen molar-refractivity contribution in [3.63, 3.8) is 0 Å². The number of nitrogen functional groups attached to an aromatic ring is 1. The van der Waals surface area contributed by atoms with Gasteiger partial charge in [0.15, 0.2) is 5.13 Å². The van der Waals surface area contributed by atoms with E-state index in [-0.39, 0.29) is 6.03 Å². The van der Waals surface area contributed by atoms with Gasteiger partial charge >= 0.3 is 6.03 Å². The van der Waals surface area contributed by atoms with E-state index in [1.54, 1.807) is 0 Å². The topological polar surface area (TPSA) is 80.0 Å². The summed E-state index contributed by atoms with van der Waals surface area (Å²) in [5, 5.41) is 7.91. The molecule has 6 heteroatoms. The second-order valence-electron chi connectivity index (χ2n) is 4.04. The molecule has 1 heterocycles. The van der Waals surface area contributed by atoms with Gasteiger partial charge in [0, 0.05) is 23.2 Å². The smallest absolute Gasteiger partial charge is 0.321 e. The molecule has 0 saturated heterocycles. The molecule has 4 N–H and O–H groups in total. The molecule has 0 fully saturated rings. The number of nitrogens with two attached hydrogens (primary N) is 1. The Morgan fingerprint density at radius 1 is 1.47 bits per heavy atom. The van der Waals surface area contributed by atoms with E-state index in [0.717, 1.165) is 17.7 Å². The molecule has 1 aromatic heterocycles. The highest BCUT2D eigenvalue weighted by Gasteiger charge is 2.07. The van der Waals surface area contributed by atoms with Crippen LogP contribution in [-0.4, -0.2) is 17.6 Å². The van der Waals surface area contributed by atoms with Gasteiger partial charge in [-0.05, 0) is 18.6 Å². The molecular weight excluding hydrogens is 260 g/mol. The third kappa shape index (κ3) is 3.69. The fourth-order valence-corrected chi connectivity index (χ4v) is 2.26. The summed E-state index contributed by atoms with van der Waals surface area (Å²) in [5.41, 5.74) is 8.18. The molecule has 5 nitrogen and oxygen atoms in total. The lowest BCUT2D eigenvalue weighted by Gasteiger charge is -2.02. The van der Waals surface area contributed by atoms with E-state index >= 15 is 0 Å². The molecule has 19 heavy (non-hydrogen) atoms. The number of nitrogens with one attached hydrogen (secondary N) is 2. The highest BCUT2D eigenvalue weighted by Crippen LogP contribution is 2.25. The van der Waals surface area contributed by atoms with Crippen molar-refractivity contribution < 1.29 is 4.79 Å². The summed E-state index contributed by atoms with van der Waals surface area (Å²) in [6.45, 7) is 2.65. The van der Waals surface area contributed by atoms with Gasteiger partial charge in [-0.2, -0.15) is 0 Å². The second kappa shape index (κ2) is 6.19. The Kier molecular flexibility index (Phi) is 4.35. The first kappa shape index (κ1) is 13.4. The van der Waals surface area contributed by atoms with E-state index in [1.807, 2.05) is 36.6 Å². The molecule has 100 valence electrons. The molecule has 0 aliphatic carbocycles. The number of thiazole rings is 1. The van der Waals surface area contributed by atoms with E-state index < -0.39 is 0 Å². The summed E-state index contributed by atoms with van der Waals surface area (Å²) in [7, 11) is 0. The molecule has 0 bridgehead atoms. The van der Waals surface area contributed by atoms with E-state index in [1.165, 1.54) is 11.3 Å². The van der Waals surface area contributed by atoms with E-state index in [2.05, 4.69) is 15.6 Å². The predicted molar refractivity (Wildman–Crippen MR) is 79.3 cm³/mol. The quantitative estimate of drug-likeness (QED) is 0.751. The van der Waals surface area contributed by atoms with Crippen LogP contribution in [0.25, 0.3) is 11.3 Å². The van der Waals surface area contributed by atoms with E-state index in [9.17, 15) is 4.79 Å². The Bertz CT molecular complexity index is 567. The maximum Gasteiger partial charge on any atom is 0.321 e. The van der Waals surface area contributed by atoms with Crippen molar-refractivity contribution in [2.45, 2.75) is 13.3 Å². The first-order valence-electron chi connectivity index (χ1n) is 6.05. The van der Waals surface area contributed by atoms with Crippen LogP contribution in [0.15, 0.2) is 29.6 Å². The molecule has 0 spiro atoms. The van der Waals surface area contributed by atoms with Crippen LogP contribution in [0.2, 0.25) is 0 Å². The lowest BCUT2D eigenvalue weighted by Crippen LogP contribution is -2.29. The largest absolute Gasteiger partial charge is 0.399 e. The summed E-state index contributed by atoms with van der Waals surface area (Å²) in [6.07, 6.45) is 0.903. The van der Waals surface area contributed by atoms with Crippen molar-refractivity contribution in [1.82, 2.24) is 10.3 Å². The zero-order chi connectivity index (χ0) is 13.7. The SMILES string of the molecule is CCCNC(=O)Nc1nc(-c2cccc(N)c2)cs1. The first-order valence-corrected chi connectivity index (χ1v) is 6.93. The summed E-state index contributed by atoms with van der Waals surface area (Å²) >= 11 is 1.39. The molecule has 0 unspecified atom stereocenters. The number of aromatic nitrogens is 1. The van der Waals surface area contributed by atoms with Crippen LogP contribution in [0.5, 0.6) is 0 Å². The molecular formula is C13H16N4OS. The number of benzene rings is 1. The number of carbonyl (C=O) groups excluding carboxylic acids is 1. The fraction of sp³-hybridized carbons (Fsp3) is 0.231. The second-order valence-corrected chi connectivity index (χ2v) is 4.90. The molecule has 2 aromatic rings. The zero-order valence-electron chi connectivity index (χ0n) is 10.6. The summed E-state index contributed by atoms with van der Waals surface area (Å²) in [4.78, 5) is 15.9. The average Bonchev–Trinajstić information content (AvgIpc) is 2.85. The number of amides is 2. The van der Waals surface area contributed by atoms with Crippen molar-refractivity contribution in [2.24, 2.45) is 0 Å². The van der Waals surface area contributed by atoms with Gasteiger partial charge in [-0.1, -0.05) is 19.1 Å². The fourth-order valence-electron chi connectivity index (χ4n) is 1.54. The normalized spacial score (nSPS) is 10.2. The minimum Gasteiger partial charge on any atom is -0.399 e. The van der Waals surface area contributed by atoms with Crippen molar-refractivity contribution in [3.8, 4) is 11.3 Å². The molecule has 0 aliphatic rings. The Labute approximate surface area is 115 Å². The van der Waals surface area contributed by atoms with Gasteiger partial charge in [0.25, 0.3) is 0 Å². The number of rotatable bonds is 4. The number of nitrogens with zero attached hydrogens (tertiary/aromatic N) is 1. The third-order valence-corrected chi connectivity index (χ3v) is 3.20. The van der Waals surface area contributed by atoms with Crippen LogP contribution in [0.3, 0.4) is 0 Å². The van der Waals surface area contributed by atoms with Gasteiger partial charge in [0.05, 0.1) is 5.69 Å². The van der Waals surface area contributed by atoms with E-state index in [0.29, 0.717) is 17.4 Å². The molecule has 2 rings (SSSR count). The van der Waals surface area contributed by atoms with Crippen LogP contribution in [0.4, 0.5) is 15.6 Å². The lowest BCUT2D eigenvalue weighted by molar-refractivity contribution is 0.252. The highest BCUT2D eigenvalue weighted by atomic mass is 32.1. The number of hydrogen-bond acceptors (Lipinski definition) is 4. The summed E-state index contributed by atoms with van der Waals surface area (Å²) < 4.78 is 0. The number of urea groups is 1. The van der Waals surface area contributed by atoms with Crippen molar-refractivity contribution >= 4 is 28.2 Å². The van der Waals surface area contributed by atoms with Crippen LogP contribution in [-0.2, 0) is 0 Å². The van der Waals surface area contributed by atoms with Gasteiger partial charge in [-0.3, -0.25) is 5.32 Å². The average molecular weight is 276 g/mol. The van der Waals surface area contributed by atoms with Gasteiger partial charge in [-0.25, -0.2) is 9.78 Å². The predicted octanol–water partition coefficient (Wildman–Crippen LogP) is 2.92. The first-order chi connectivity index (χ1) is 9.19.